The fourth-order valence-corrected chi connectivity index (χ4v) is 4.74. The lowest BCUT2D eigenvalue weighted by molar-refractivity contribution is -0.133. The van der Waals surface area contributed by atoms with E-state index in [9.17, 15) is 18.0 Å². The second-order valence-electron chi connectivity index (χ2n) is 6.88. The molecule has 3 rings (SSSR count). The summed E-state index contributed by atoms with van der Waals surface area (Å²) in [4.78, 5) is 33.5. The number of aromatic nitrogens is 3. The van der Waals surface area contributed by atoms with Crippen LogP contribution in [0, 0.1) is 13.8 Å². The lowest BCUT2D eigenvalue weighted by Gasteiger charge is -2.24. The van der Waals surface area contributed by atoms with Crippen molar-refractivity contribution in [2.75, 3.05) is 6.54 Å². The molecule has 2 heterocycles. The molecule has 1 aromatic carbocycles. The number of hydrogen-bond donors (Lipinski definition) is 2. The Balaban J connectivity index is 1.80. The average molecular weight is 433 g/mol. The third-order valence-electron chi connectivity index (χ3n) is 4.63. The smallest absolute Gasteiger partial charge is 0.258 e. The van der Waals surface area contributed by atoms with Gasteiger partial charge in [0.15, 0.2) is 5.76 Å². The molecule has 1 atom stereocenters. The van der Waals surface area contributed by atoms with Crippen molar-refractivity contribution in [2.24, 2.45) is 0 Å². The summed E-state index contributed by atoms with van der Waals surface area (Å²) in [6.07, 6.45) is 0. The Morgan fingerprint density at radius 1 is 1.30 bits per heavy atom. The van der Waals surface area contributed by atoms with Gasteiger partial charge in [-0.2, -0.15) is 4.72 Å². The van der Waals surface area contributed by atoms with E-state index in [0.29, 0.717) is 23.3 Å². The third kappa shape index (κ3) is 4.26. The summed E-state index contributed by atoms with van der Waals surface area (Å²) in [5, 5.41) is 4.10. The first kappa shape index (κ1) is 21.7. The molecule has 3 aromatic rings. The van der Waals surface area contributed by atoms with E-state index in [-0.39, 0.29) is 28.5 Å². The molecule has 0 spiro atoms. The van der Waals surface area contributed by atoms with Crippen molar-refractivity contribution in [1.29, 1.82) is 0 Å². The quantitative estimate of drug-likeness (QED) is 0.572. The average Bonchev–Trinajstić information content (AvgIpc) is 3.04. The lowest BCUT2D eigenvalue weighted by Crippen LogP contribution is -2.47. The van der Waals surface area contributed by atoms with E-state index < -0.39 is 22.0 Å². The Labute approximate surface area is 173 Å². The summed E-state index contributed by atoms with van der Waals surface area (Å²) in [7, 11) is -4.00. The number of H-pyrrole nitrogens is 1. The van der Waals surface area contributed by atoms with Crippen LogP contribution in [0.15, 0.2) is 38.5 Å². The first-order chi connectivity index (χ1) is 14.1. The molecule has 160 valence electrons. The minimum Gasteiger partial charge on any atom is -0.360 e. The zero-order valence-electron chi connectivity index (χ0n) is 17.1. The number of amides is 1. The van der Waals surface area contributed by atoms with Gasteiger partial charge >= 0.3 is 0 Å². The van der Waals surface area contributed by atoms with Crippen LogP contribution in [0.5, 0.6) is 0 Å². The highest BCUT2D eigenvalue weighted by Crippen LogP contribution is 2.19. The standard InChI is InChI=1S/C19H23N5O5S/c1-5-24(10-16-20-15-9-7-6-8-14(15)18(25)21-16)19(26)12(3)23-30(27,28)17-11(2)22-29-13(17)4/h6-9,12,23H,5,10H2,1-4H3,(H,20,21,25)/t12-/m0/s1. The number of nitrogens with one attached hydrogen (secondary N) is 2. The maximum Gasteiger partial charge on any atom is 0.258 e. The Bertz CT molecular complexity index is 1230. The van der Waals surface area contributed by atoms with Gasteiger partial charge in [0, 0.05) is 6.54 Å². The van der Waals surface area contributed by atoms with Crippen LogP contribution in [-0.4, -0.2) is 46.9 Å². The van der Waals surface area contributed by atoms with Crippen LogP contribution < -0.4 is 10.3 Å². The molecule has 0 unspecified atom stereocenters. The van der Waals surface area contributed by atoms with Gasteiger partial charge in [0.25, 0.3) is 5.56 Å². The number of aromatic amines is 1. The van der Waals surface area contributed by atoms with E-state index in [1.165, 1.54) is 25.7 Å². The maximum absolute atomic E-state index is 12.9. The van der Waals surface area contributed by atoms with Crippen molar-refractivity contribution < 1.29 is 17.7 Å². The highest BCUT2D eigenvalue weighted by molar-refractivity contribution is 7.89. The molecule has 30 heavy (non-hydrogen) atoms. The molecule has 0 aliphatic carbocycles. The number of aryl methyl sites for hydroxylation is 2. The van der Waals surface area contributed by atoms with Gasteiger partial charge in [-0.1, -0.05) is 17.3 Å². The minimum atomic E-state index is -4.00. The number of carbonyl (C=O) groups excluding carboxylic acids is 1. The number of hydrogen-bond acceptors (Lipinski definition) is 7. The fraction of sp³-hybridized carbons (Fsp3) is 0.368. The van der Waals surface area contributed by atoms with Gasteiger partial charge in [0.2, 0.25) is 15.9 Å². The number of likely N-dealkylation sites (N-methyl/N-ethyl adjacent to an activating group) is 1. The van der Waals surface area contributed by atoms with Gasteiger partial charge in [-0.25, -0.2) is 13.4 Å². The largest absolute Gasteiger partial charge is 0.360 e. The number of fused-ring (bicyclic) bond motifs is 1. The zero-order chi connectivity index (χ0) is 22.1. The molecular weight excluding hydrogens is 410 g/mol. The number of benzene rings is 1. The topological polar surface area (TPSA) is 138 Å². The number of carbonyl (C=O) groups is 1. The Morgan fingerprint density at radius 3 is 2.63 bits per heavy atom. The molecule has 0 aliphatic heterocycles. The van der Waals surface area contributed by atoms with Crippen molar-refractivity contribution in [3.05, 3.63) is 51.9 Å². The molecule has 2 N–H and O–H groups in total. The van der Waals surface area contributed by atoms with Gasteiger partial charge in [0.1, 0.15) is 16.4 Å². The molecule has 11 heteroatoms. The van der Waals surface area contributed by atoms with E-state index in [1.807, 2.05) is 0 Å². The van der Waals surface area contributed by atoms with Crippen LogP contribution >= 0.6 is 0 Å². The summed E-state index contributed by atoms with van der Waals surface area (Å²) in [5.74, 6) is 0.00302. The SMILES string of the molecule is CCN(Cc1nc2ccccc2c(=O)[nH]1)C(=O)[C@H](C)NS(=O)(=O)c1c(C)noc1C. The number of para-hydroxylation sites is 1. The molecular formula is C19H23N5O5S. The number of nitrogens with zero attached hydrogens (tertiary/aromatic N) is 3. The molecule has 10 nitrogen and oxygen atoms in total. The number of rotatable bonds is 7. The Morgan fingerprint density at radius 2 is 2.00 bits per heavy atom. The van der Waals surface area contributed by atoms with Crippen LogP contribution in [0.1, 0.15) is 31.1 Å². The summed E-state index contributed by atoms with van der Waals surface area (Å²) >= 11 is 0. The normalized spacial score (nSPS) is 12.8. The van der Waals surface area contributed by atoms with E-state index in [1.54, 1.807) is 31.2 Å². The van der Waals surface area contributed by atoms with Gasteiger partial charge in [-0.3, -0.25) is 9.59 Å². The van der Waals surface area contributed by atoms with Gasteiger partial charge in [0.05, 0.1) is 23.5 Å². The lowest BCUT2D eigenvalue weighted by atomic mass is 10.2. The van der Waals surface area contributed by atoms with E-state index in [2.05, 4.69) is 19.8 Å². The van der Waals surface area contributed by atoms with Crippen LogP contribution in [0.4, 0.5) is 0 Å². The van der Waals surface area contributed by atoms with Gasteiger partial charge in [-0.05, 0) is 39.8 Å². The van der Waals surface area contributed by atoms with Gasteiger partial charge in [-0.15, -0.1) is 0 Å². The highest BCUT2D eigenvalue weighted by Gasteiger charge is 2.30. The minimum absolute atomic E-state index is 0.0345. The van der Waals surface area contributed by atoms with Crippen LogP contribution in [0.2, 0.25) is 0 Å². The van der Waals surface area contributed by atoms with E-state index in [4.69, 9.17) is 4.52 Å². The van der Waals surface area contributed by atoms with Crippen molar-refractivity contribution in [3.8, 4) is 0 Å². The maximum atomic E-state index is 12.9. The fourth-order valence-electron chi connectivity index (χ4n) is 3.21. The van der Waals surface area contributed by atoms with Crippen molar-refractivity contribution in [1.82, 2.24) is 24.7 Å². The van der Waals surface area contributed by atoms with Crippen molar-refractivity contribution in [3.63, 3.8) is 0 Å². The van der Waals surface area contributed by atoms with Crippen LogP contribution in [0.25, 0.3) is 10.9 Å². The van der Waals surface area contributed by atoms with Crippen LogP contribution in [0.3, 0.4) is 0 Å². The summed E-state index contributed by atoms with van der Waals surface area (Å²) in [6, 6.07) is 5.85. The molecule has 0 fully saturated rings. The predicted molar refractivity (Wildman–Crippen MR) is 109 cm³/mol. The first-order valence-corrected chi connectivity index (χ1v) is 10.8. The molecule has 0 aliphatic rings. The molecule has 0 saturated carbocycles. The molecule has 1 amide bonds. The van der Waals surface area contributed by atoms with Crippen LogP contribution in [-0.2, 0) is 21.4 Å². The first-order valence-electron chi connectivity index (χ1n) is 9.36. The molecule has 0 bridgehead atoms. The zero-order valence-corrected chi connectivity index (χ0v) is 17.9. The van der Waals surface area contributed by atoms with Gasteiger partial charge < -0.3 is 14.4 Å². The second-order valence-corrected chi connectivity index (χ2v) is 8.53. The number of sulfonamides is 1. The van der Waals surface area contributed by atoms with Crippen molar-refractivity contribution >= 4 is 26.8 Å². The van der Waals surface area contributed by atoms with Crippen molar-refractivity contribution in [2.45, 2.75) is 45.2 Å². The molecule has 0 saturated heterocycles. The van der Waals surface area contributed by atoms with E-state index >= 15 is 0 Å². The highest BCUT2D eigenvalue weighted by atomic mass is 32.2. The summed E-state index contributed by atoms with van der Waals surface area (Å²) in [5.41, 5.74) is 0.433. The molecule has 2 aromatic heterocycles. The Hall–Kier alpha value is -3.05. The monoisotopic (exact) mass is 433 g/mol. The predicted octanol–water partition coefficient (Wildman–Crippen LogP) is 1.24. The summed E-state index contributed by atoms with van der Waals surface area (Å²) in [6.45, 7) is 6.54. The summed E-state index contributed by atoms with van der Waals surface area (Å²) < 4.78 is 32.6. The molecule has 0 radical (unpaired) electrons. The Kier molecular flexibility index (Phi) is 6.04. The third-order valence-corrected chi connectivity index (χ3v) is 6.42. The van der Waals surface area contributed by atoms with E-state index in [0.717, 1.165) is 0 Å². The second kappa shape index (κ2) is 8.36.